The second kappa shape index (κ2) is 7.25. The van der Waals surface area contributed by atoms with E-state index in [1.165, 1.54) is 12.1 Å². The molecule has 4 rings (SSSR count). The highest BCUT2D eigenvalue weighted by Gasteiger charge is 2.38. The normalized spacial score (nSPS) is 18.8. The molecule has 1 aliphatic heterocycles. The summed E-state index contributed by atoms with van der Waals surface area (Å²) in [5.74, 6) is 0.931. The number of anilines is 1. The molecule has 1 saturated carbocycles. The quantitative estimate of drug-likeness (QED) is 0.786. The lowest BCUT2D eigenvalue weighted by atomic mass is 10.0. The first-order valence-electron chi connectivity index (χ1n) is 9.14. The summed E-state index contributed by atoms with van der Waals surface area (Å²) in [6, 6.07) is 10.9. The van der Waals surface area contributed by atoms with Crippen LogP contribution in [-0.2, 0) is 10.0 Å². The molecule has 0 amide bonds. The molecule has 0 radical (unpaired) electrons. The Morgan fingerprint density at radius 2 is 1.70 bits per heavy atom. The van der Waals surface area contributed by atoms with Crippen LogP contribution in [0, 0.1) is 11.3 Å². The molecule has 0 unspecified atom stereocenters. The Kier molecular flexibility index (Phi) is 4.81. The van der Waals surface area contributed by atoms with E-state index >= 15 is 0 Å². The maximum absolute atomic E-state index is 12.9. The molecule has 7 nitrogen and oxygen atoms in total. The Morgan fingerprint density at radius 1 is 1.04 bits per heavy atom. The maximum atomic E-state index is 12.9. The second-order valence-electron chi connectivity index (χ2n) is 6.98. The SMILES string of the molecule is N#Cc1ccc(S(=O)(=O)N2CCC(N(c3ccncn3)C3CC3)CC2)cc1. The van der Waals surface area contributed by atoms with Crippen molar-refractivity contribution < 1.29 is 8.42 Å². The van der Waals surface area contributed by atoms with E-state index in [0.29, 0.717) is 30.7 Å². The highest BCUT2D eigenvalue weighted by molar-refractivity contribution is 7.89. The lowest BCUT2D eigenvalue weighted by Crippen LogP contribution is -2.48. The van der Waals surface area contributed by atoms with Gasteiger partial charge in [0.2, 0.25) is 10.0 Å². The lowest BCUT2D eigenvalue weighted by molar-refractivity contribution is 0.308. The summed E-state index contributed by atoms with van der Waals surface area (Å²) in [6.45, 7) is 0.975. The zero-order chi connectivity index (χ0) is 18.9. The third kappa shape index (κ3) is 3.66. The molecule has 2 fully saturated rings. The fourth-order valence-electron chi connectivity index (χ4n) is 3.67. The van der Waals surface area contributed by atoms with Gasteiger partial charge in [0, 0.05) is 31.4 Å². The van der Waals surface area contributed by atoms with Crippen LogP contribution in [0.4, 0.5) is 5.82 Å². The molecule has 0 bridgehead atoms. The Morgan fingerprint density at radius 3 is 2.26 bits per heavy atom. The molecule has 1 saturated heterocycles. The summed E-state index contributed by atoms with van der Waals surface area (Å²) in [4.78, 5) is 11.0. The van der Waals surface area contributed by atoms with Gasteiger partial charge in [-0.1, -0.05) is 0 Å². The number of piperidine rings is 1. The van der Waals surface area contributed by atoms with Crippen LogP contribution in [0.3, 0.4) is 0 Å². The summed E-state index contributed by atoms with van der Waals surface area (Å²) >= 11 is 0. The van der Waals surface area contributed by atoms with Crippen molar-refractivity contribution in [3.8, 4) is 6.07 Å². The van der Waals surface area contributed by atoms with E-state index in [0.717, 1.165) is 31.5 Å². The zero-order valence-corrected chi connectivity index (χ0v) is 15.7. The fraction of sp³-hybridized carbons (Fsp3) is 0.421. The molecule has 27 heavy (non-hydrogen) atoms. The van der Waals surface area contributed by atoms with E-state index in [9.17, 15) is 8.42 Å². The first kappa shape index (κ1) is 17.9. The topological polar surface area (TPSA) is 90.2 Å². The third-order valence-corrected chi connectivity index (χ3v) is 7.12. The molecule has 2 aromatic rings. The highest BCUT2D eigenvalue weighted by Crippen LogP contribution is 2.35. The van der Waals surface area contributed by atoms with Gasteiger partial charge in [-0.15, -0.1) is 0 Å². The van der Waals surface area contributed by atoms with Crippen molar-refractivity contribution in [2.45, 2.75) is 42.7 Å². The van der Waals surface area contributed by atoms with E-state index in [2.05, 4.69) is 14.9 Å². The van der Waals surface area contributed by atoms with Gasteiger partial charge < -0.3 is 4.90 Å². The molecule has 2 heterocycles. The molecule has 0 atom stereocenters. The molecular weight excluding hydrogens is 362 g/mol. The minimum Gasteiger partial charge on any atom is -0.350 e. The van der Waals surface area contributed by atoms with E-state index in [4.69, 9.17) is 5.26 Å². The fourth-order valence-corrected chi connectivity index (χ4v) is 5.14. The van der Waals surface area contributed by atoms with Crippen molar-refractivity contribution in [2.24, 2.45) is 0 Å². The van der Waals surface area contributed by atoms with Crippen molar-refractivity contribution >= 4 is 15.8 Å². The standard InChI is InChI=1S/C19H21N5O2S/c20-13-15-1-5-18(6-2-15)27(25,26)23-11-8-17(9-12-23)24(16-3-4-16)19-7-10-21-14-22-19/h1-2,5-7,10,14,16-17H,3-4,8-9,11-12H2. The number of nitrogens with zero attached hydrogens (tertiary/aromatic N) is 5. The Labute approximate surface area is 159 Å². The van der Waals surface area contributed by atoms with Gasteiger partial charge in [-0.2, -0.15) is 9.57 Å². The molecular formula is C19H21N5O2S. The van der Waals surface area contributed by atoms with E-state index in [-0.39, 0.29) is 4.90 Å². The van der Waals surface area contributed by atoms with E-state index < -0.39 is 10.0 Å². The van der Waals surface area contributed by atoms with Gasteiger partial charge in [-0.3, -0.25) is 0 Å². The van der Waals surface area contributed by atoms with Crippen LogP contribution in [-0.4, -0.2) is 47.9 Å². The number of sulfonamides is 1. The van der Waals surface area contributed by atoms with Gasteiger partial charge in [0.1, 0.15) is 12.1 Å². The monoisotopic (exact) mass is 383 g/mol. The number of hydrogen-bond acceptors (Lipinski definition) is 6. The highest BCUT2D eigenvalue weighted by atomic mass is 32.2. The predicted octanol–water partition coefficient (Wildman–Crippen LogP) is 2.17. The molecule has 8 heteroatoms. The Hall–Kier alpha value is -2.50. The van der Waals surface area contributed by atoms with Crippen LogP contribution in [0.15, 0.2) is 47.8 Å². The van der Waals surface area contributed by atoms with Crippen LogP contribution in [0.25, 0.3) is 0 Å². The number of rotatable bonds is 5. The van der Waals surface area contributed by atoms with Crippen LogP contribution in [0.2, 0.25) is 0 Å². The van der Waals surface area contributed by atoms with Crippen LogP contribution >= 0.6 is 0 Å². The summed E-state index contributed by atoms with van der Waals surface area (Å²) in [6.07, 6.45) is 7.19. The number of hydrogen-bond donors (Lipinski definition) is 0. The molecule has 1 aromatic carbocycles. The third-order valence-electron chi connectivity index (χ3n) is 5.21. The summed E-state index contributed by atoms with van der Waals surface area (Å²) in [5.41, 5.74) is 0.456. The summed E-state index contributed by atoms with van der Waals surface area (Å²) in [5, 5.41) is 8.88. The molecule has 1 aromatic heterocycles. The number of nitriles is 1. The number of aromatic nitrogens is 2. The Bertz CT molecular complexity index is 928. The van der Waals surface area contributed by atoms with Crippen molar-refractivity contribution in [2.75, 3.05) is 18.0 Å². The zero-order valence-electron chi connectivity index (χ0n) is 14.9. The minimum absolute atomic E-state index is 0.245. The van der Waals surface area contributed by atoms with Crippen molar-refractivity contribution in [1.29, 1.82) is 5.26 Å². The molecule has 0 N–H and O–H groups in total. The number of benzene rings is 1. The van der Waals surface area contributed by atoms with E-state index in [1.807, 2.05) is 12.1 Å². The average Bonchev–Trinajstić information content (AvgIpc) is 3.54. The van der Waals surface area contributed by atoms with Gasteiger partial charge in [0.05, 0.1) is 16.5 Å². The van der Waals surface area contributed by atoms with Gasteiger partial charge in [0.15, 0.2) is 0 Å². The lowest BCUT2D eigenvalue weighted by Gasteiger charge is -2.38. The second-order valence-corrected chi connectivity index (χ2v) is 8.92. The predicted molar refractivity (Wildman–Crippen MR) is 100 cm³/mol. The van der Waals surface area contributed by atoms with Gasteiger partial charge in [-0.05, 0) is 56.0 Å². The molecule has 2 aliphatic rings. The molecule has 1 aliphatic carbocycles. The van der Waals surface area contributed by atoms with Crippen molar-refractivity contribution in [1.82, 2.24) is 14.3 Å². The van der Waals surface area contributed by atoms with Gasteiger partial charge in [0.25, 0.3) is 0 Å². The molecule has 140 valence electrons. The average molecular weight is 383 g/mol. The van der Waals surface area contributed by atoms with Gasteiger partial charge >= 0.3 is 0 Å². The largest absolute Gasteiger partial charge is 0.350 e. The van der Waals surface area contributed by atoms with Gasteiger partial charge in [-0.25, -0.2) is 18.4 Å². The first-order chi connectivity index (χ1) is 13.1. The first-order valence-corrected chi connectivity index (χ1v) is 10.6. The summed E-state index contributed by atoms with van der Waals surface area (Å²) < 4.78 is 27.3. The molecule has 0 spiro atoms. The Balaban J connectivity index is 1.47. The summed E-state index contributed by atoms with van der Waals surface area (Å²) in [7, 11) is -3.53. The van der Waals surface area contributed by atoms with Crippen LogP contribution in [0.5, 0.6) is 0 Å². The van der Waals surface area contributed by atoms with E-state index in [1.54, 1.807) is 29.0 Å². The minimum atomic E-state index is -3.53. The van der Waals surface area contributed by atoms with Crippen LogP contribution in [0.1, 0.15) is 31.2 Å². The van der Waals surface area contributed by atoms with Crippen molar-refractivity contribution in [3.05, 3.63) is 48.4 Å². The maximum Gasteiger partial charge on any atom is 0.243 e. The smallest absolute Gasteiger partial charge is 0.243 e. The van der Waals surface area contributed by atoms with Crippen LogP contribution < -0.4 is 4.90 Å². The van der Waals surface area contributed by atoms with Crippen molar-refractivity contribution in [3.63, 3.8) is 0 Å².